The maximum atomic E-state index is 10.1. The van der Waals surface area contributed by atoms with E-state index in [1.807, 2.05) is 21.1 Å². The lowest BCUT2D eigenvalue weighted by atomic mass is 10.2. The van der Waals surface area contributed by atoms with E-state index >= 15 is 0 Å². The van der Waals surface area contributed by atoms with E-state index in [9.17, 15) is 4.79 Å². The molecular weight excluding hydrogens is 217 g/mol. The van der Waals surface area contributed by atoms with Gasteiger partial charge in [0.15, 0.2) is 0 Å². The fourth-order valence-electron chi connectivity index (χ4n) is 0.898. The molecular formula is C7H18Cl2NO3+. The minimum Gasteiger partial charge on any atom is -0.481 e. The minimum absolute atomic E-state index is 0. The van der Waals surface area contributed by atoms with Crippen LogP contribution in [0.25, 0.3) is 0 Å². The topological polar surface area (TPSA) is 57.5 Å². The van der Waals surface area contributed by atoms with E-state index in [1.165, 1.54) is 0 Å². The van der Waals surface area contributed by atoms with E-state index in [2.05, 4.69) is 0 Å². The van der Waals surface area contributed by atoms with Crippen LogP contribution in [0.1, 0.15) is 6.42 Å². The average Bonchev–Trinajstić information content (AvgIpc) is 1.53. The lowest BCUT2D eigenvalue weighted by Gasteiger charge is -2.25. The summed E-state index contributed by atoms with van der Waals surface area (Å²) in [6.45, 7) is 0.465. The van der Waals surface area contributed by atoms with E-state index in [0.717, 1.165) is 0 Å². The molecule has 2 N–H and O–H groups in total. The summed E-state index contributed by atoms with van der Waals surface area (Å²) in [7, 11) is 5.72. The maximum absolute atomic E-state index is 10.1. The Morgan fingerprint density at radius 2 is 1.69 bits per heavy atom. The summed E-state index contributed by atoms with van der Waals surface area (Å²) in [4.78, 5) is 10.1. The van der Waals surface area contributed by atoms with Gasteiger partial charge < -0.3 is 14.7 Å². The van der Waals surface area contributed by atoms with E-state index < -0.39 is 12.1 Å². The van der Waals surface area contributed by atoms with E-state index in [-0.39, 0.29) is 31.2 Å². The van der Waals surface area contributed by atoms with Gasteiger partial charge >= 0.3 is 5.97 Å². The predicted octanol–water partition coefficient (Wildman–Crippen LogP) is 0.372. The molecule has 6 heteroatoms. The largest absolute Gasteiger partial charge is 0.481 e. The summed E-state index contributed by atoms with van der Waals surface area (Å²) in [5.74, 6) is -0.953. The fourth-order valence-corrected chi connectivity index (χ4v) is 0.898. The molecule has 0 aromatic carbocycles. The number of hydrogen-bond donors (Lipinski definition) is 2. The Morgan fingerprint density at radius 3 is 1.92 bits per heavy atom. The SMILES string of the molecule is C[N+](C)(C)C[C@H](O)CC(=O)O.Cl.Cl. The monoisotopic (exact) mass is 234 g/mol. The highest BCUT2D eigenvalue weighted by Crippen LogP contribution is 1.98. The first-order valence-electron chi connectivity index (χ1n) is 3.51. The molecule has 0 rings (SSSR count). The van der Waals surface area contributed by atoms with Gasteiger partial charge in [-0.3, -0.25) is 4.79 Å². The first kappa shape index (κ1) is 18.7. The van der Waals surface area contributed by atoms with Crippen LogP contribution in [0.2, 0.25) is 0 Å². The van der Waals surface area contributed by atoms with Crippen molar-refractivity contribution in [3.05, 3.63) is 0 Å². The Bertz CT molecular complexity index is 147. The number of aliphatic hydroxyl groups excluding tert-OH is 1. The van der Waals surface area contributed by atoms with Crippen LogP contribution in [-0.4, -0.2) is 54.5 Å². The molecule has 0 radical (unpaired) electrons. The van der Waals surface area contributed by atoms with Crippen molar-refractivity contribution in [1.82, 2.24) is 0 Å². The second-order valence-electron chi connectivity index (χ2n) is 3.72. The Kier molecular flexibility index (Phi) is 10.6. The second kappa shape index (κ2) is 7.38. The van der Waals surface area contributed by atoms with Crippen LogP contribution in [0, 0.1) is 0 Å². The van der Waals surface area contributed by atoms with E-state index in [0.29, 0.717) is 11.0 Å². The molecule has 0 saturated heterocycles. The van der Waals surface area contributed by atoms with Gasteiger partial charge in [-0.15, -0.1) is 24.8 Å². The van der Waals surface area contributed by atoms with Crippen LogP contribution in [-0.2, 0) is 4.79 Å². The maximum Gasteiger partial charge on any atom is 0.306 e. The van der Waals surface area contributed by atoms with Gasteiger partial charge in [0.1, 0.15) is 12.6 Å². The van der Waals surface area contributed by atoms with Crippen molar-refractivity contribution >= 4 is 30.8 Å². The van der Waals surface area contributed by atoms with Crippen LogP contribution < -0.4 is 0 Å². The van der Waals surface area contributed by atoms with Gasteiger partial charge in [-0.25, -0.2) is 0 Å². The van der Waals surface area contributed by atoms with Gasteiger partial charge in [0.2, 0.25) is 0 Å². The molecule has 0 bridgehead atoms. The zero-order chi connectivity index (χ0) is 9.07. The smallest absolute Gasteiger partial charge is 0.306 e. The van der Waals surface area contributed by atoms with Crippen LogP contribution in [0.4, 0.5) is 0 Å². The fraction of sp³-hybridized carbons (Fsp3) is 0.857. The number of carboxylic acid groups (broad SMARTS) is 1. The molecule has 0 aromatic heterocycles. The lowest BCUT2D eigenvalue weighted by Crippen LogP contribution is -2.42. The normalized spacial score (nSPS) is 12.3. The zero-order valence-corrected chi connectivity index (χ0v) is 9.69. The summed E-state index contributed by atoms with van der Waals surface area (Å²) < 4.78 is 0.578. The summed E-state index contributed by atoms with van der Waals surface area (Å²) in [5, 5.41) is 17.5. The minimum atomic E-state index is -0.953. The van der Waals surface area contributed by atoms with Crippen LogP contribution in [0.5, 0.6) is 0 Å². The van der Waals surface area contributed by atoms with E-state index in [1.54, 1.807) is 0 Å². The molecule has 4 nitrogen and oxygen atoms in total. The summed E-state index contributed by atoms with van der Waals surface area (Å²) in [5.41, 5.74) is 0. The first-order valence-corrected chi connectivity index (χ1v) is 3.51. The number of nitrogens with zero attached hydrogens (tertiary/aromatic N) is 1. The standard InChI is InChI=1S/C7H15NO3.2ClH/c1-8(2,3)5-6(9)4-7(10)11;;/h6,9H,4-5H2,1-3H3;2*1H/p+1/t6-;;/m1../s1. The Morgan fingerprint density at radius 1 is 1.31 bits per heavy atom. The molecule has 13 heavy (non-hydrogen) atoms. The Labute approximate surface area is 91.0 Å². The molecule has 0 aromatic rings. The lowest BCUT2D eigenvalue weighted by molar-refractivity contribution is -0.873. The third kappa shape index (κ3) is 14.8. The quantitative estimate of drug-likeness (QED) is 0.692. The molecule has 0 unspecified atom stereocenters. The van der Waals surface area contributed by atoms with Crippen molar-refractivity contribution in [2.75, 3.05) is 27.7 Å². The molecule has 0 aliphatic carbocycles. The molecule has 0 aliphatic rings. The predicted molar refractivity (Wildman–Crippen MR) is 55.7 cm³/mol. The molecule has 0 amide bonds. The number of likely N-dealkylation sites (N-methyl/N-ethyl adjacent to an activating group) is 1. The van der Waals surface area contributed by atoms with Crippen molar-refractivity contribution in [3.8, 4) is 0 Å². The van der Waals surface area contributed by atoms with Crippen LogP contribution in [0.3, 0.4) is 0 Å². The van der Waals surface area contributed by atoms with Crippen molar-refractivity contribution in [3.63, 3.8) is 0 Å². The summed E-state index contributed by atoms with van der Waals surface area (Å²) in [6.07, 6.45) is -0.914. The number of hydrogen-bond acceptors (Lipinski definition) is 2. The molecule has 0 saturated carbocycles. The summed E-state index contributed by atoms with van der Waals surface area (Å²) in [6, 6.07) is 0. The zero-order valence-electron chi connectivity index (χ0n) is 8.06. The van der Waals surface area contributed by atoms with Gasteiger partial charge in [0, 0.05) is 0 Å². The van der Waals surface area contributed by atoms with Gasteiger partial charge in [0.25, 0.3) is 0 Å². The number of aliphatic hydroxyl groups is 1. The number of carbonyl (C=O) groups is 1. The van der Waals surface area contributed by atoms with Crippen molar-refractivity contribution < 1.29 is 19.5 Å². The van der Waals surface area contributed by atoms with Crippen molar-refractivity contribution in [1.29, 1.82) is 0 Å². The number of halogens is 2. The molecule has 0 heterocycles. The number of aliphatic carboxylic acids is 1. The number of rotatable bonds is 4. The van der Waals surface area contributed by atoms with Gasteiger partial charge in [-0.05, 0) is 0 Å². The first-order chi connectivity index (χ1) is 4.81. The second-order valence-corrected chi connectivity index (χ2v) is 3.72. The van der Waals surface area contributed by atoms with Gasteiger partial charge in [-0.1, -0.05) is 0 Å². The molecule has 1 atom stereocenters. The van der Waals surface area contributed by atoms with Gasteiger partial charge in [0.05, 0.1) is 27.6 Å². The molecule has 0 spiro atoms. The highest BCUT2D eigenvalue weighted by Gasteiger charge is 2.17. The highest BCUT2D eigenvalue weighted by atomic mass is 35.5. The van der Waals surface area contributed by atoms with Crippen LogP contribution in [0.15, 0.2) is 0 Å². The summed E-state index contributed by atoms with van der Waals surface area (Å²) >= 11 is 0. The Balaban J connectivity index is -0.000000500. The third-order valence-electron chi connectivity index (χ3n) is 1.17. The van der Waals surface area contributed by atoms with Crippen LogP contribution >= 0.6 is 24.8 Å². The Hall–Kier alpha value is -0.0300. The van der Waals surface area contributed by atoms with Gasteiger partial charge in [-0.2, -0.15) is 0 Å². The average molecular weight is 235 g/mol. The molecule has 82 valence electrons. The molecule has 0 fully saturated rings. The van der Waals surface area contributed by atoms with E-state index in [4.69, 9.17) is 10.2 Å². The third-order valence-corrected chi connectivity index (χ3v) is 1.17. The van der Waals surface area contributed by atoms with Crippen molar-refractivity contribution in [2.24, 2.45) is 0 Å². The molecule has 0 aliphatic heterocycles. The highest BCUT2D eigenvalue weighted by molar-refractivity contribution is 5.85. The van der Waals surface area contributed by atoms with Crippen molar-refractivity contribution in [2.45, 2.75) is 12.5 Å². The number of carboxylic acids is 1. The number of quaternary nitrogens is 1.